The standard InChI is InChI=1S/C32H34N6O3/c1-21-19-38(20-26(30(39)40)17-23-10-11-24-6-2-3-7-25(24)16-23)32(41)36-29(21)37-14-12-22(13-15-37)18-33-31-34-27-8-4-5-9-28(27)35-31/h2-11,16,19,22,26H,12-15,17-18,20H2,1H3,(H,39,40)(H2,33,34,35). The average molecular weight is 551 g/mol. The molecule has 2 aromatic heterocycles. The van der Waals surface area contributed by atoms with Crippen molar-refractivity contribution in [2.75, 3.05) is 29.9 Å². The Labute approximate surface area is 237 Å². The van der Waals surface area contributed by atoms with Crippen molar-refractivity contribution in [1.82, 2.24) is 19.5 Å². The van der Waals surface area contributed by atoms with Gasteiger partial charge in [-0.1, -0.05) is 54.6 Å². The predicted molar refractivity (Wildman–Crippen MR) is 162 cm³/mol. The molecular formula is C32H34N6O3. The van der Waals surface area contributed by atoms with Crippen LogP contribution in [-0.4, -0.2) is 50.2 Å². The van der Waals surface area contributed by atoms with E-state index < -0.39 is 17.6 Å². The van der Waals surface area contributed by atoms with Gasteiger partial charge in [0, 0.05) is 37.9 Å². The highest BCUT2D eigenvalue weighted by Gasteiger charge is 2.24. The maximum absolute atomic E-state index is 13.0. The molecule has 210 valence electrons. The quantitative estimate of drug-likeness (QED) is 0.240. The molecule has 1 fully saturated rings. The van der Waals surface area contributed by atoms with Gasteiger partial charge in [0.25, 0.3) is 0 Å². The lowest BCUT2D eigenvalue weighted by molar-refractivity contribution is -0.142. The summed E-state index contributed by atoms with van der Waals surface area (Å²) in [6.07, 6.45) is 4.05. The Balaban J connectivity index is 1.08. The van der Waals surface area contributed by atoms with Crippen molar-refractivity contribution >= 4 is 39.5 Å². The third-order valence-electron chi connectivity index (χ3n) is 8.07. The van der Waals surface area contributed by atoms with Gasteiger partial charge in [0.15, 0.2) is 0 Å². The highest BCUT2D eigenvalue weighted by Crippen LogP contribution is 2.25. The molecule has 5 aromatic rings. The molecule has 9 nitrogen and oxygen atoms in total. The van der Waals surface area contributed by atoms with Crippen LogP contribution in [0.15, 0.2) is 77.7 Å². The number of aromatic amines is 1. The maximum Gasteiger partial charge on any atom is 0.349 e. The van der Waals surface area contributed by atoms with Crippen LogP contribution in [0.1, 0.15) is 24.0 Å². The molecule has 6 rings (SSSR count). The minimum Gasteiger partial charge on any atom is -0.481 e. The van der Waals surface area contributed by atoms with Crippen LogP contribution in [0.4, 0.5) is 11.8 Å². The summed E-state index contributed by atoms with van der Waals surface area (Å²) in [5.41, 5.74) is 3.36. The summed E-state index contributed by atoms with van der Waals surface area (Å²) in [5, 5.41) is 15.6. The first-order valence-electron chi connectivity index (χ1n) is 14.1. The van der Waals surface area contributed by atoms with Crippen LogP contribution >= 0.6 is 0 Å². The molecule has 0 saturated carbocycles. The monoisotopic (exact) mass is 550 g/mol. The van der Waals surface area contributed by atoms with E-state index in [1.807, 2.05) is 73.7 Å². The molecule has 1 unspecified atom stereocenters. The van der Waals surface area contributed by atoms with Crippen LogP contribution in [0.5, 0.6) is 0 Å². The van der Waals surface area contributed by atoms with Gasteiger partial charge in [-0.15, -0.1) is 0 Å². The average Bonchev–Trinajstić information content (AvgIpc) is 3.41. The molecule has 0 amide bonds. The Kier molecular flexibility index (Phi) is 7.41. The molecule has 1 aliphatic rings. The SMILES string of the molecule is Cc1cn(CC(Cc2ccc3ccccc3c2)C(=O)O)c(=O)nc1N1CCC(CNc2nc3ccccc3[nH]2)CC1. The van der Waals surface area contributed by atoms with Crippen molar-refractivity contribution in [3.05, 3.63) is 94.5 Å². The van der Waals surface area contributed by atoms with Crippen LogP contribution in [-0.2, 0) is 17.8 Å². The van der Waals surface area contributed by atoms with E-state index in [1.54, 1.807) is 6.20 Å². The number of carboxylic acid groups (broad SMARTS) is 1. The fourth-order valence-electron chi connectivity index (χ4n) is 5.78. The number of anilines is 2. The number of benzene rings is 3. The summed E-state index contributed by atoms with van der Waals surface area (Å²) in [5.74, 6) is 0.305. The van der Waals surface area contributed by atoms with Crippen molar-refractivity contribution in [3.8, 4) is 0 Å². The van der Waals surface area contributed by atoms with Gasteiger partial charge in [0.05, 0.1) is 17.0 Å². The van der Waals surface area contributed by atoms with Crippen LogP contribution in [0.25, 0.3) is 21.8 Å². The Morgan fingerprint density at radius 3 is 2.59 bits per heavy atom. The molecule has 1 saturated heterocycles. The number of aromatic nitrogens is 4. The molecule has 0 spiro atoms. The normalized spacial score (nSPS) is 14.9. The van der Waals surface area contributed by atoms with Gasteiger partial charge in [-0.25, -0.2) is 9.78 Å². The molecular weight excluding hydrogens is 516 g/mol. The first-order chi connectivity index (χ1) is 19.9. The predicted octanol–water partition coefficient (Wildman–Crippen LogP) is 4.85. The minimum absolute atomic E-state index is 0.0741. The van der Waals surface area contributed by atoms with Crippen LogP contribution in [0.3, 0.4) is 0 Å². The third kappa shape index (κ3) is 5.94. The number of rotatable bonds is 9. The minimum atomic E-state index is -0.926. The van der Waals surface area contributed by atoms with E-state index in [-0.39, 0.29) is 6.54 Å². The van der Waals surface area contributed by atoms with E-state index in [9.17, 15) is 14.7 Å². The second-order valence-corrected chi connectivity index (χ2v) is 11.0. The smallest absolute Gasteiger partial charge is 0.349 e. The van der Waals surface area contributed by atoms with E-state index in [0.29, 0.717) is 18.2 Å². The first kappa shape index (κ1) is 26.6. The van der Waals surface area contributed by atoms with Gasteiger partial charge in [-0.05, 0) is 60.6 Å². The van der Waals surface area contributed by atoms with Crippen LogP contribution in [0, 0.1) is 18.8 Å². The maximum atomic E-state index is 13.0. The summed E-state index contributed by atoms with van der Waals surface area (Å²) in [4.78, 5) is 39.7. The molecule has 1 aliphatic heterocycles. The first-order valence-corrected chi connectivity index (χ1v) is 14.1. The molecule has 3 aromatic carbocycles. The van der Waals surface area contributed by atoms with E-state index in [4.69, 9.17) is 0 Å². The number of aryl methyl sites for hydroxylation is 1. The van der Waals surface area contributed by atoms with E-state index in [1.165, 1.54) is 4.57 Å². The number of hydrogen-bond donors (Lipinski definition) is 3. The number of fused-ring (bicyclic) bond motifs is 2. The largest absolute Gasteiger partial charge is 0.481 e. The topological polar surface area (TPSA) is 116 Å². The van der Waals surface area contributed by atoms with Crippen molar-refractivity contribution in [1.29, 1.82) is 0 Å². The summed E-state index contributed by atoms with van der Waals surface area (Å²) >= 11 is 0. The lowest BCUT2D eigenvalue weighted by atomic mass is 9.96. The van der Waals surface area contributed by atoms with E-state index in [0.717, 1.165) is 71.4 Å². The Morgan fingerprint density at radius 2 is 1.80 bits per heavy atom. The number of nitrogens with zero attached hydrogens (tertiary/aromatic N) is 4. The lowest BCUT2D eigenvalue weighted by Crippen LogP contribution is -2.39. The van der Waals surface area contributed by atoms with Gasteiger partial charge < -0.3 is 20.3 Å². The number of H-pyrrole nitrogens is 1. The van der Waals surface area contributed by atoms with Crippen LogP contribution < -0.4 is 15.9 Å². The molecule has 1 atom stereocenters. The van der Waals surface area contributed by atoms with Crippen LogP contribution in [0.2, 0.25) is 0 Å². The summed E-state index contributed by atoms with van der Waals surface area (Å²) in [6, 6.07) is 22.0. The number of para-hydroxylation sites is 2. The number of carbonyl (C=O) groups is 1. The van der Waals surface area contributed by atoms with E-state index in [2.05, 4.69) is 25.2 Å². The Morgan fingerprint density at radius 1 is 1.05 bits per heavy atom. The van der Waals surface area contributed by atoms with Crippen molar-refractivity contribution < 1.29 is 9.90 Å². The number of aliphatic carboxylic acids is 1. The van der Waals surface area contributed by atoms with Crippen molar-refractivity contribution in [2.45, 2.75) is 32.7 Å². The Bertz CT molecular complexity index is 1720. The van der Waals surface area contributed by atoms with E-state index >= 15 is 0 Å². The number of imidazole rings is 1. The summed E-state index contributed by atoms with van der Waals surface area (Å²) in [6.45, 7) is 4.46. The molecule has 0 aliphatic carbocycles. The second kappa shape index (κ2) is 11.4. The number of piperidine rings is 1. The fraction of sp³-hybridized carbons (Fsp3) is 0.312. The zero-order valence-corrected chi connectivity index (χ0v) is 23.1. The lowest BCUT2D eigenvalue weighted by Gasteiger charge is -2.33. The molecule has 0 bridgehead atoms. The molecule has 41 heavy (non-hydrogen) atoms. The molecule has 3 N–H and O–H groups in total. The van der Waals surface area contributed by atoms with Gasteiger partial charge in [0.1, 0.15) is 5.82 Å². The zero-order valence-electron chi connectivity index (χ0n) is 23.1. The van der Waals surface area contributed by atoms with Crippen molar-refractivity contribution in [3.63, 3.8) is 0 Å². The second-order valence-electron chi connectivity index (χ2n) is 11.0. The highest BCUT2D eigenvalue weighted by molar-refractivity contribution is 5.83. The van der Waals surface area contributed by atoms with Gasteiger partial charge in [0.2, 0.25) is 5.95 Å². The van der Waals surface area contributed by atoms with Gasteiger partial charge in [-0.3, -0.25) is 9.36 Å². The Hall–Kier alpha value is -4.66. The fourth-order valence-corrected chi connectivity index (χ4v) is 5.78. The van der Waals surface area contributed by atoms with Gasteiger partial charge in [-0.2, -0.15) is 4.98 Å². The van der Waals surface area contributed by atoms with Crippen molar-refractivity contribution in [2.24, 2.45) is 11.8 Å². The molecule has 0 radical (unpaired) electrons. The number of hydrogen-bond acceptors (Lipinski definition) is 6. The highest BCUT2D eigenvalue weighted by atomic mass is 16.4. The molecule has 3 heterocycles. The summed E-state index contributed by atoms with van der Waals surface area (Å²) in [7, 11) is 0. The summed E-state index contributed by atoms with van der Waals surface area (Å²) < 4.78 is 1.45. The number of nitrogens with one attached hydrogen (secondary N) is 2. The zero-order chi connectivity index (χ0) is 28.3. The molecule has 9 heteroatoms. The third-order valence-corrected chi connectivity index (χ3v) is 8.07. The number of carboxylic acids is 1. The van der Waals surface area contributed by atoms with Gasteiger partial charge >= 0.3 is 11.7 Å².